The molecule has 2 bridgehead atoms. The second-order valence-electron chi connectivity index (χ2n) is 11.1. The van der Waals surface area contributed by atoms with Crippen LogP contribution in [0.15, 0.2) is 18.2 Å². The Kier molecular flexibility index (Phi) is 8.55. The summed E-state index contributed by atoms with van der Waals surface area (Å²) in [5.74, 6) is 1.73. The van der Waals surface area contributed by atoms with Crippen LogP contribution in [0.4, 0.5) is 5.69 Å². The number of carbonyl (C=O) groups excluding carboxylic acids is 2. The number of hydrogen-bond acceptors (Lipinski definition) is 6. The molecular weight excluding hydrogens is 444 g/mol. The van der Waals surface area contributed by atoms with Gasteiger partial charge in [-0.3, -0.25) is 9.59 Å². The van der Waals surface area contributed by atoms with Gasteiger partial charge in [-0.05, 0) is 70.1 Å². The topological polar surface area (TPSA) is 83.1 Å². The van der Waals surface area contributed by atoms with E-state index in [0.717, 1.165) is 70.0 Å². The third kappa shape index (κ3) is 7.34. The maximum atomic E-state index is 13.0. The molecule has 3 aliphatic rings. The predicted octanol–water partition coefficient (Wildman–Crippen LogP) is 2.55. The summed E-state index contributed by atoms with van der Waals surface area (Å²) in [5.41, 5.74) is 2.02. The van der Waals surface area contributed by atoms with Crippen molar-refractivity contribution < 1.29 is 19.1 Å². The van der Waals surface area contributed by atoms with Crippen molar-refractivity contribution >= 4 is 17.5 Å². The normalized spacial score (nSPS) is 24.4. The van der Waals surface area contributed by atoms with Crippen LogP contribution < -0.4 is 20.3 Å². The molecule has 0 spiro atoms. The minimum atomic E-state index is -0.229. The second kappa shape index (κ2) is 11.6. The lowest BCUT2D eigenvalue weighted by Crippen LogP contribution is -2.48. The van der Waals surface area contributed by atoms with Crippen molar-refractivity contribution in [2.75, 3.05) is 57.4 Å². The first-order chi connectivity index (χ1) is 16.8. The van der Waals surface area contributed by atoms with E-state index in [1.807, 2.05) is 25.7 Å². The zero-order valence-corrected chi connectivity index (χ0v) is 21.6. The van der Waals surface area contributed by atoms with Gasteiger partial charge in [-0.2, -0.15) is 0 Å². The van der Waals surface area contributed by atoms with Crippen molar-refractivity contribution in [2.24, 2.45) is 11.8 Å². The summed E-state index contributed by atoms with van der Waals surface area (Å²) in [6, 6.07) is 6.36. The molecule has 194 valence electrons. The Labute approximate surface area is 209 Å². The van der Waals surface area contributed by atoms with E-state index in [2.05, 4.69) is 33.7 Å². The minimum absolute atomic E-state index is 0.105. The summed E-state index contributed by atoms with van der Waals surface area (Å²) >= 11 is 0. The molecule has 0 aliphatic carbocycles. The molecule has 8 nitrogen and oxygen atoms in total. The number of benzene rings is 1. The van der Waals surface area contributed by atoms with E-state index in [-0.39, 0.29) is 17.4 Å². The fraction of sp³-hybridized carbons (Fsp3) is 0.704. The monoisotopic (exact) mass is 486 g/mol. The average Bonchev–Trinajstić information content (AvgIpc) is 2.83. The molecule has 1 aromatic carbocycles. The van der Waals surface area contributed by atoms with E-state index in [1.165, 1.54) is 5.69 Å². The molecule has 0 unspecified atom stereocenters. The zero-order valence-electron chi connectivity index (χ0n) is 21.6. The van der Waals surface area contributed by atoms with Gasteiger partial charge in [0.25, 0.3) is 0 Å². The van der Waals surface area contributed by atoms with Crippen LogP contribution in [0.3, 0.4) is 0 Å². The van der Waals surface area contributed by atoms with Gasteiger partial charge in [0.05, 0.1) is 26.4 Å². The summed E-state index contributed by atoms with van der Waals surface area (Å²) in [6.07, 6.45) is 3.25. The number of fused-ring (bicyclic) bond motifs is 3. The van der Waals surface area contributed by atoms with Gasteiger partial charge in [0, 0.05) is 55.9 Å². The smallest absolute Gasteiger partial charge is 0.236 e. The van der Waals surface area contributed by atoms with Crippen LogP contribution in [0, 0.1) is 11.8 Å². The van der Waals surface area contributed by atoms with Gasteiger partial charge in [-0.25, -0.2) is 0 Å². The molecule has 0 saturated carbocycles. The third-order valence-electron chi connectivity index (χ3n) is 7.19. The molecule has 0 aromatic heterocycles. The largest absolute Gasteiger partial charge is 0.493 e. The summed E-state index contributed by atoms with van der Waals surface area (Å²) in [5, 5.41) is 6.45. The Bertz CT molecular complexity index is 878. The molecule has 2 atom stereocenters. The highest BCUT2D eigenvalue weighted by Gasteiger charge is 2.33. The Balaban J connectivity index is 1.43. The highest BCUT2D eigenvalue weighted by atomic mass is 16.5. The molecule has 35 heavy (non-hydrogen) atoms. The Morgan fingerprint density at radius 1 is 1.09 bits per heavy atom. The van der Waals surface area contributed by atoms with Crippen LogP contribution in [0.25, 0.3) is 0 Å². The lowest BCUT2D eigenvalue weighted by Gasteiger charge is -2.39. The number of rotatable bonds is 3. The summed E-state index contributed by atoms with van der Waals surface area (Å²) in [7, 11) is 0. The maximum Gasteiger partial charge on any atom is 0.236 e. The standard InChI is InChI=1S/C27H42N4O4/c1-27(2,3)29-25(32)16-20-8-9-31-19-21(20)5-4-12-35-24-7-6-23(30-10-13-34-14-11-30)15-22(24)17-28-18-26(31)33/h6-7,15,20-21,28H,4-5,8-14,16-19H2,1-3H3,(H,29,32)/t20-,21-/m0/s1. The zero-order chi connectivity index (χ0) is 24.8. The number of morpholine rings is 1. The van der Waals surface area contributed by atoms with Crippen molar-refractivity contribution in [3.8, 4) is 5.75 Å². The van der Waals surface area contributed by atoms with Crippen LogP contribution in [-0.4, -0.2) is 74.8 Å². The molecule has 4 rings (SSSR count). The number of piperidine rings is 1. The maximum absolute atomic E-state index is 13.0. The van der Waals surface area contributed by atoms with Gasteiger partial charge in [0.1, 0.15) is 5.75 Å². The van der Waals surface area contributed by atoms with Gasteiger partial charge in [-0.15, -0.1) is 0 Å². The lowest BCUT2D eigenvalue weighted by atomic mass is 9.80. The SMILES string of the molecule is CC(C)(C)NC(=O)C[C@@H]1CCN2C[C@@H]1CCCOc1ccc(N3CCOCC3)cc1CNCC2=O. The molecule has 2 saturated heterocycles. The van der Waals surface area contributed by atoms with E-state index in [0.29, 0.717) is 38.0 Å². The fourth-order valence-electron chi connectivity index (χ4n) is 5.42. The van der Waals surface area contributed by atoms with Gasteiger partial charge in [-0.1, -0.05) is 0 Å². The van der Waals surface area contributed by atoms with Gasteiger partial charge in [0.15, 0.2) is 0 Å². The van der Waals surface area contributed by atoms with Crippen molar-refractivity contribution in [1.29, 1.82) is 0 Å². The fourth-order valence-corrected chi connectivity index (χ4v) is 5.42. The van der Waals surface area contributed by atoms with E-state index >= 15 is 0 Å². The van der Waals surface area contributed by atoms with Crippen LogP contribution in [0.5, 0.6) is 5.75 Å². The molecule has 2 amide bonds. The summed E-state index contributed by atoms with van der Waals surface area (Å²) in [6.45, 7) is 12.3. The summed E-state index contributed by atoms with van der Waals surface area (Å²) < 4.78 is 11.7. The first-order valence-electron chi connectivity index (χ1n) is 13.2. The van der Waals surface area contributed by atoms with Crippen molar-refractivity contribution in [3.63, 3.8) is 0 Å². The lowest BCUT2D eigenvalue weighted by molar-refractivity contribution is -0.133. The number of nitrogens with one attached hydrogen (secondary N) is 2. The van der Waals surface area contributed by atoms with Crippen molar-refractivity contribution in [3.05, 3.63) is 23.8 Å². The number of nitrogens with zero attached hydrogens (tertiary/aromatic N) is 2. The number of amides is 2. The van der Waals surface area contributed by atoms with E-state index in [1.54, 1.807) is 0 Å². The molecule has 1 aromatic rings. The van der Waals surface area contributed by atoms with Crippen molar-refractivity contribution in [2.45, 2.75) is 58.5 Å². The second-order valence-corrected chi connectivity index (χ2v) is 11.1. The molecule has 8 heteroatoms. The average molecular weight is 487 g/mol. The molecular formula is C27H42N4O4. The number of anilines is 1. The van der Waals surface area contributed by atoms with Gasteiger partial charge in [0.2, 0.25) is 11.8 Å². The molecule has 3 heterocycles. The van der Waals surface area contributed by atoms with Crippen molar-refractivity contribution in [1.82, 2.24) is 15.5 Å². The van der Waals surface area contributed by atoms with Gasteiger partial charge >= 0.3 is 0 Å². The predicted molar refractivity (Wildman–Crippen MR) is 137 cm³/mol. The van der Waals surface area contributed by atoms with Crippen LogP contribution in [0.1, 0.15) is 52.0 Å². The first kappa shape index (κ1) is 25.8. The molecule has 2 fully saturated rings. The third-order valence-corrected chi connectivity index (χ3v) is 7.19. The Morgan fingerprint density at radius 3 is 2.66 bits per heavy atom. The van der Waals surface area contributed by atoms with E-state index < -0.39 is 0 Å². The van der Waals surface area contributed by atoms with Gasteiger partial charge < -0.3 is 29.9 Å². The van der Waals surface area contributed by atoms with Crippen LogP contribution in [-0.2, 0) is 20.9 Å². The quantitative estimate of drug-likeness (QED) is 0.683. The Morgan fingerprint density at radius 2 is 1.89 bits per heavy atom. The number of ether oxygens (including phenoxy) is 2. The number of carbonyl (C=O) groups is 2. The molecule has 0 radical (unpaired) electrons. The van der Waals surface area contributed by atoms with Crippen LogP contribution in [0.2, 0.25) is 0 Å². The van der Waals surface area contributed by atoms with Crippen LogP contribution >= 0.6 is 0 Å². The van der Waals surface area contributed by atoms with E-state index in [4.69, 9.17) is 9.47 Å². The first-order valence-corrected chi connectivity index (χ1v) is 13.2. The minimum Gasteiger partial charge on any atom is -0.493 e. The summed E-state index contributed by atoms with van der Waals surface area (Å²) in [4.78, 5) is 29.9. The Hall–Kier alpha value is -2.32. The highest BCUT2D eigenvalue weighted by Crippen LogP contribution is 2.31. The molecule has 3 aliphatic heterocycles. The number of hydrogen-bond donors (Lipinski definition) is 2. The highest BCUT2D eigenvalue weighted by molar-refractivity contribution is 5.79. The molecule has 2 N–H and O–H groups in total. The van der Waals surface area contributed by atoms with E-state index in [9.17, 15) is 9.59 Å².